The highest BCUT2D eigenvalue weighted by atomic mass is 32.1. The van der Waals surface area contributed by atoms with Crippen LogP contribution in [0.1, 0.15) is 24.3 Å². The maximum atomic E-state index is 5.62. The van der Waals surface area contributed by atoms with Crippen LogP contribution in [0.15, 0.2) is 24.3 Å². The van der Waals surface area contributed by atoms with Crippen molar-refractivity contribution in [1.82, 2.24) is 10.4 Å². The molecule has 0 radical (unpaired) electrons. The third kappa shape index (κ3) is 2.65. The number of hydrogen-bond acceptors (Lipinski definition) is 4. The summed E-state index contributed by atoms with van der Waals surface area (Å²) in [5, 5.41) is 1.19. The van der Waals surface area contributed by atoms with Crippen LogP contribution in [0.5, 0.6) is 0 Å². The van der Waals surface area contributed by atoms with Crippen molar-refractivity contribution in [2.45, 2.75) is 31.7 Å². The highest BCUT2D eigenvalue weighted by molar-refractivity contribution is 7.18. The fourth-order valence-electron chi connectivity index (χ4n) is 2.18. The summed E-state index contributed by atoms with van der Waals surface area (Å²) in [7, 11) is 0. The van der Waals surface area contributed by atoms with Gasteiger partial charge in [0, 0.05) is 12.5 Å². The molecule has 2 aromatic rings. The van der Waals surface area contributed by atoms with Gasteiger partial charge in [0.05, 0.1) is 15.2 Å². The van der Waals surface area contributed by atoms with Crippen LogP contribution in [0.25, 0.3) is 10.2 Å². The number of hydrazine groups is 1. The smallest absolute Gasteiger partial charge is 0.0954 e. The largest absolute Gasteiger partial charge is 0.271 e. The Kier molecular flexibility index (Phi) is 3.09. The minimum atomic E-state index is 0.378. The molecule has 1 aliphatic rings. The molecule has 1 atom stereocenters. The highest BCUT2D eigenvalue weighted by Crippen LogP contribution is 2.34. The van der Waals surface area contributed by atoms with Crippen LogP contribution in [-0.4, -0.2) is 11.0 Å². The molecule has 0 aliphatic heterocycles. The van der Waals surface area contributed by atoms with Crippen molar-refractivity contribution < 1.29 is 0 Å². The molecule has 17 heavy (non-hydrogen) atoms. The first-order valence-corrected chi connectivity index (χ1v) is 6.97. The number of nitrogens with two attached hydrogens (primary N) is 1. The molecule has 1 aromatic heterocycles. The molecule has 1 heterocycles. The predicted octanol–water partition coefficient (Wildman–Crippen LogP) is 2.47. The van der Waals surface area contributed by atoms with Crippen molar-refractivity contribution in [3.63, 3.8) is 0 Å². The van der Waals surface area contributed by atoms with Gasteiger partial charge in [0.25, 0.3) is 0 Å². The molecule has 1 aromatic carbocycles. The molecule has 0 amide bonds. The van der Waals surface area contributed by atoms with Gasteiger partial charge in [0.15, 0.2) is 0 Å². The first-order valence-electron chi connectivity index (χ1n) is 6.15. The average Bonchev–Trinajstić information content (AvgIpc) is 3.06. The van der Waals surface area contributed by atoms with Gasteiger partial charge in [-0.05, 0) is 24.5 Å². The summed E-state index contributed by atoms with van der Waals surface area (Å²) in [5.74, 6) is 6.51. The molecule has 3 N–H and O–H groups in total. The van der Waals surface area contributed by atoms with Gasteiger partial charge in [-0.1, -0.05) is 25.0 Å². The lowest BCUT2D eigenvalue weighted by Crippen LogP contribution is -2.37. The van der Waals surface area contributed by atoms with Gasteiger partial charge in [-0.3, -0.25) is 11.3 Å². The summed E-state index contributed by atoms with van der Waals surface area (Å²) in [4.78, 5) is 4.65. The molecule has 1 saturated carbocycles. The van der Waals surface area contributed by atoms with Crippen LogP contribution in [0.4, 0.5) is 0 Å². The van der Waals surface area contributed by atoms with E-state index in [9.17, 15) is 0 Å². The van der Waals surface area contributed by atoms with Crippen LogP contribution in [0, 0.1) is 5.92 Å². The van der Waals surface area contributed by atoms with E-state index < -0.39 is 0 Å². The van der Waals surface area contributed by atoms with E-state index in [1.165, 1.54) is 29.0 Å². The maximum absolute atomic E-state index is 5.62. The Balaban J connectivity index is 1.73. The number of hydrogen-bond donors (Lipinski definition) is 2. The van der Waals surface area contributed by atoms with E-state index in [2.05, 4.69) is 28.6 Å². The van der Waals surface area contributed by atoms with Crippen molar-refractivity contribution in [1.29, 1.82) is 0 Å². The lowest BCUT2D eigenvalue weighted by Gasteiger charge is -2.13. The minimum absolute atomic E-state index is 0.378. The molecule has 1 fully saturated rings. The fourth-order valence-corrected chi connectivity index (χ4v) is 3.23. The van der Waals surface area contributed by atoms with E-state index in [0.717, 1.165) is 17.9 Å². The average molecular weight is 247 g/mol. The Bertz CT molecular complexity index is 471. The van der Waals surface area contributed by atoms with Crippen LogP contribution in [0.3, 0.4) is 0 Å². The number of nitrogens with zero attached hydrogens (tertiary/aromatic N) is 1. The lowest BCUT2D eigenvalue weighted by molar-refractivity contribution is 0.465. The van der Waals surface area contributed by atoms with Crippen molar-refractivity contribution in [2.75, 3.05) is 0 Å². The van der Waals surface area contributed by atoms with Crippen molar-refractivity contribution in [2.24, 2.45) is 11.8 Å². The Morgan fingerprint density at radius 3 is 2.94 bits per heavy atom. The fraction of sp³-hybridized carbons (Fsp3) is 0.462. The van der Waals surface area contributed by atoms with Crippen LogP contribution in [-0.2, 0) is 6.42 Å². The number of rotatable bonds is 5. The highest BCUT2D eigenvalue weighted by Gasteiger charge is 2.25. The Morgan fingerprint density at radius 1 is 1.41 bits per heavy atom. The minimum Gasteiger partial charge on any atom is -0.271 e. The summed E-state index contributed by atoms with van der Waals surface area (Å²) in [6, 6.07) is 8.67. The first-order chi connectivity index (χ1) is 8.35. The zero-order valence-corrected chi connectivity index (χ0v) is 10.5. The first kappa shape index (κ1) is 11.1. The summed E-state index contributed by atoms with van der Waals surface area (Å²) in [6.45, 7) is 0. The Labute approximate surface area is 105 Å². The molecule has 4 heteroatoms. The number of benzene rings is 1. The summed E-state index contributed by atoms with van der Waals surface area (Å²) >= 11 is 1.78. The van der Waals surface area contributed by atoms with E-state index in [1.807, 2.05) is 6.07 Å². The molecule has 0 spiro atoms. The third-order valence-electron chi connectivity index (χ3n) is 3.31. The number of aromatic nitrogens is 1. The SMILES string of the molecule is NNC(Cc1nc2ccccc2s1)CC1CC1. The molecular formula is C13H17N3S. The van der Waals surface area contributed by atoms with Crippen molar-refractivity contribution >= 4 is 21.6 Å². The molecule has 1 unspecified atom stereocenters. The van der Waals surface area contributed by atoms with E-state index in [1.54, 1.807) is 11.3 Å². The topological polar surface area (TPSA) is 50.9 Å². The standard InChI is InChI=1S/C13H17N3S/c14-16-10(7-9-5-6-9)8-13-15-11-3-1-2-4-12(11)17-13/h1-4,9-10,16H,5-8,14H2. The number of nitrogens with one attached hydrogen (secondary N) is 1. The van der Waals surface area contributed by atoms with E-state index in [-0.39, 0.29) is 0 Å². The van der Waals surface area contributed by atoms with E-state index in [4.69, 9.17) is 5.84 Å². The molecule has 0 saturated heterocycles. The molecule has 3 nitrogen and oxygen atoms in total. The predicted molar refractivity (Wildman–Crippen MR) is 71.8 cm³/mol. The lowest BCUT2D eigenvalue weighted by atomic mass is 10.1. The van der Waals surface area contributed by atoms with Crippen LogP contribution in [0.2, 0.25) is 0 Å². The summed E-state index contributed by atoms with van der Waals surface area (Å²) in [5.41, 5.74) is 4.04. The summed E-state index contributed by atoms with van der Waals surface area (Å²) < 4.78 is 1.27. The number of para-hydroxylation sites is 1. The van der Waals surface area contributed by atoms with E-state index in [0.29, 0.717) is 6.04 Å². The van der Waals surface area contributed by atoms with Crippen molar-refractivity contribution in [3.05, 3.63) is 29.3 Å². The second-order valence-corrected chi connectivity index (χ2v) is 5.94. The maximum Gasteiger partial charge on any atom is 0.0954 e. The zero-order valence-electron chi connectivity index (χ0n) is 9.73. The molecule has 3 rings (SSSR count). The summed E-state index contributed by atoms with van der Waals surface area (Å²) in [6.07, 6.45) is 4.88. The third-order valence-corrected chi connectivity index (χ3v) is 4.37. The van der Waals surface area contributed by atoms with Gasteiger partial charge < -0.3 is 0 Å². The monoisotopic (exact) mass is 247 g/mol. The van der Waals surface area contributed by atoms with Crippen molar-refractivity contribution in [3.8, 4) is 0 Å². The molecule has 1 aliphatic carbocycles. The molecular weight excluding hydrogens is 230 g/mol. The van der Waals surface area contributed by atoms with Gasteiger partial charge in [-0.2, -0.15) is 0 Å². The van der Waals surface area contributed by atoms with Crippen LogP contribution < -0.4 is 11.3 Å². The zero-order chi connectivity index (χ0) is 11.7. The number of thiazole rings is 1. The van der Waals surface area contributed by atoms with Gasteiger partial charge in [-0.15, -0.1) is 11.3 Å². The second kappa shape index (κ2) is 4.72. The Morgan fingerprint density at radius 2 is 2.24 bits per heavy atom. The number of fused-ring (bicyclic) bond motifs is 1. The molecule has 90 valence electrons. The normalized spacial score (nSPS) is 17.5. The van der Waals surface area contributed by atoms with Gasteiger partial charge in [-0.25, -0.2) is 4.98 Å². The second-order valence-electron chi connectivity index (χ2n) is 4.82. The Hall–Kier alpha value is -0.970. The molecule has 0 bridgehead atoms. The van der Waals surface area contributed by atoms with E-state index >= 15 is 0 Å². The van der Waals surface area contributed by atoms with Gasteiger partial charge in [0.2, 0.25) is 0 Å². The van der Waals surface area contributed by atoms with Crippen LogP contribution >= 0.6 is 11.3 Å². The quantitative estimate of drug-likeness (QED) is 0.630. The van der Waals surface area contributed by atoms with Gasteiger partial charge in [0.1, 0.15) is 0 Å². The van der Waals surface area contributed by atoms with Gasteiger partial charge >= 0.3 is 0 Å².